The zero-order valence-electron chi connectivity index (χ0n) is 13.0. The summed E-state index contributed by atoms with van der Waals surface area (Å²) in [5.41, 5.74) is 1.78. The highest BCUT2D eigenvalue weighted by atomic mass is 79.9. The van der Waals surface area contributed by atoms with Crippen LogP contribution in [0.2, 0.25) is 0 Å². The summed E-state index contributed by atoms with van der Waals surface area (Å²) in [4.78, 5) is 4.41. The van der Waals surface area contributed by atoms with E-state index in [4.69, 9.17) is 4.74 Å². The fourth-order valence-corrected chi connectivity index (χ4v) is 2.29. The first-order chi connectivity index (χ1) is 11.7. The van der Waals surface area contributed by atoms with Crippen LogP contribution >= 0.6 is 15.9 Å². The van der Waals surface area contributed by atoms with Crippen LogP contribution in [-0.2, 0) is 0 Å². The fraction of sp³-hybridized carbons (Fsp3) is 0.118. The van der Waals surface area contributed by atoms with E-state index in [2.05, 4.69) is 41.7 Å². The first-order valence-electron chi connectivity index (χ1n) is 7.45. The molecular formula is C17H16BrN5O. The smallest absolute Gasteiger partial charge is 0.249 e. The molecule has 3 rings (SSSR count). The molecule has 1 heterocycles. The largest absolute Gasteiger partial charge is 0.494 e. The molecule has 0 aliphatic carbocycles. The van der Waals surface area contributed by atoms with Crippen LogP contribution in [0.25, 0.3) is 0 Å². The Labute approximate surface area is 148 Å². The van der Waals surface area contributed by atoms with Crippen molar-refractivity contribution in [1.82, 2.24) is 15.2 Å². The number of nitrogens with one attached hydrogen (secondary N) is 2. The summed E-state index contributed by atoms with van der Waals surface area (Å²) < 4.78 is 6.44. The minimum absolute atomic E-state index is 0.424. The predicted octanol–water partition coefficient (Wildman–Crippen LogP) is 4.52. The number of rotatable bonds is 6. The van der Waals surface area contributed by atoms with Crippen LogP contribution in [0, 0.1) is 0 Å². The molecule has 0 fully saturated rings. The maximum atomic E-state index is 5.43. The van der Waals surface area contributed by atoms with Crippen molar-refractivity contribution in [3.05, 3.63) is 59.2 Å². The number of ether oxygens (including phenoxy) is 1. The van der Waals surface area contributed by atoms with Gasteiger partial charge in [-0.2, -0.15) is 10.1 Å². The van der Waals surface area contributed by atoms with Crippen LogP contribution in [0.5, 0.6) is 5.75 Å². The van der Waals surface area contributed by atoms with Gasteiger partial charge in [-0.15, -0.1) is 5.10 Å². The standard InChI is InChI=1S/C17H16BrN5O/c1-2-24-15-9-7-13(8-10-15)20-16-11-19-23-17(22-16)21-14-5-3-12(18)4-6-14/h3-11H,2H2,1H3,(H2,20,21,22,23). The Bertz CT molecular complexity index is 793. The number of anilines is 4. The van der Waals surface area contributed by atoms with Crippen molar-refractivity contribution in [2.24, 2.45) is 0 Å². The van der Waals surface area contributed by atoms with E-state index in [1.807, 2.05) is 55.5 Å². The van der Waals surface area contributed by atoms with Crippen LogP contribution in [0.3, 0.4) is 0 Å². The SMILES string of the molecule is CCOc1ccc(Nc2cnnc(Nc3ccc(Br)cc3)n2)cc1. The van der Waals surface area contributed by atoms with Gasteiger partial charge in [0, 0.05) is 15.8 Å². The third-order valence-electron chi connectivity index (χ3n) is 3.10. The number of benzene rings is 2. The van der Waals surface area contributed by atoms with Crippen molar-refractivity contribution in [3.63, 3.8) is 0 Å². The van der Waals surface area contributed by atoms with Gasteiger partial charge in [-0.3, -0.25) is 0 Å². The van der Waals surface area contributed by atoms with Crippen molar-refractivity contribution in [2.45, 2.75) is 6.92 Å². The Morgan fingerprint density at radius 1 is 0.958 bits per heavy atom. The van der Waals surface area contributed by atoms with Gasteiger partial charge in [0.1, 0.15) is 5.75 Å². The van der Waals surface area contributed by atoms with Crippen LogP contribution in [-0.4, -0.2) is 21.8 Å². The summed E-state index contributed by atoms with van der Waals surface area (Å²) in [6, 6.07) is 15.4. The molecule has 1 aromatic heterocycles. The van der Waals surface area contributed by atoms with E-state index in [0.29, 0.717) is 18.4 Å². The third-order valence-corrected chi connectivity index (χ3v) is 3.63. The van der Waals surface area contributed by atoms with Crippen molar-refractivity contribution in [2.75, 3.05) is 17.2 Å². The van der Waals surface area contributed by atoms with Crippen LogP contribution < -0.4 is 15.4 Å². The van der Waals surface area contributed by atoms with Gasteiger partial charge in [-0.1, -0.05) is 15.9 Å². The van der Waals surface area contributed by atoms with Crippen LogP contribution in [0.1, 0.15) is 6.92 Å². The van der Waals surface area contributed by atoms with Gasteiger partial charge in [0.25, 0.3) is 0 Å². The van der Waals surface area contributed by atoms with E-state index >= 15 is 0 Å². The van der Waals surface area contributed by atoms with E-state index < -0.39 is 0 Å². The van der Waals surface area contributed by atoms with E-state index in [1.54, 1.807) is 6.20 Å². The van der Waals surface area contributed by atoms with E-state index in [0.717, 1.165) is 21.6 Å². The summed E-state index contributed by atoms with van der Waals surface area (Å²) in [7, 11) is 0. The molecule has 0 amide bonds. The third kappa shape index (κ3) is 4.42. The molecule has 0 radical (unpaired) electrons. The zero-order chi connectivity index (χ0) is 16.8. The van der Waals surface area contributed by atoms with Gasteiger partial charge in [0.15, 0.2) is 5.82 Å². The molecule has 0 bridgehead atoms. The molecule has 24 heavy (non-hydrogen) atoms. The lowest BCUT2D eigenvalue weighted by molar-refractivity contribution is 0.340. The molecule has 0 aliphatic rings. The maximum Gasteiger partial charge on any atom is 0.249 e. The number of nitrogens with zero attached hydrogens (tertiary/aromatic N) is 3. The van der Waals surface area contributed by atoms with Crippen molar-refractivity contribution in [3.8, 4) is 5.75 Å². The number of halogens is 1. The molecule has 0 saturated heterocycles. The highest BCUT2D eigenvalue weighted by Gasteiger charge is 2.03. The van der Waals surface area contributed by atoms with E-state index in [-0.39, 0.29) is 0 Å². The lowest BCUT2D eigenvalue weighted by atomic mass is 10.3. The maximum absolute atomic E-state index is 5.43. The molecule has 2 aromatic carbocycles. The highest BCUT2D eigenvalue weighted by molar-refractivity contribution is 9.10. The van der Waals surface area contributed by atoms with Gasteiger partial charge in [-0.25, -0.2) is 0 Å². The zero-order valence-corrected chi connectivity index (χ0v) is 14.6. The average Bonchev–Trinajstić information content (AvgIpc) is 2.59. The van der Waals surface area contributed by atoms with Crippen LogP contribution in [0.15, 0.2) is 59.2 Å². The van der Waals surface area contributed by atoms with Gasteiger partial charge in [-0.05, 0) is 55.5 Å². The quantitative estimate of drug-likeness (QED) is 0.649. The molecular weight excluding hydrogens is 370 g/mol. The van der Waals surface area contributed by atoms with Crippen LogP contribution in [0.4, 0.5) is 23.1 Å². The van der Waals surface area contributed by atoms with Gasteiger partial charge in [0.05, 0.1) is 12.8 Å². The molecule has 0 atom stereocenters. The Morgan fingerprint density at radius 2 is 1.62 bits per heavy atom. The molecule has 7 heteroatoms. The lowest BCUT2D eigenvalue weighted by Gasteiger charge is -2.08. The van der Waals surface area contributed by atoms with E-state index in [1.165, 1.54) is 0 Å². The summed E-state index contributed by atoms with van der Waals surface area (Å²) >= 11 is 3.40. The summed E-state index contributed by atoms with van der Waals surface area (Å²) in [5, 5.41) is 14.3. The molecule has 122 valence electrons. The van der Waals surface area contributed by atoms with Crippen molar-refractivity contribution >= 4 is 39.1 Å². The highest BCUT2D eigenvalue weighted by Crippen LogP contribution is 2.20. The summed E-state index contributed by atoms with van der Waals surface area (Å²) in [5.74, 6) is 1.86. The second-order valence-corrected chi connectivity index (χ2v) is 5.80. The van der Waals surface area contributed by atoms with Gasteiger partial charge in [0.2, 0.25) is 5.95 Å². The Hall–Kier alpha value is -2.67. The molecule has 0 saturated carbocycles. The Kier molecular flexibility index (Phi) is 5.22. The predicted molar refractivity (Wildman–Crippen MR) is 98.1 cm³/mol. The molecule has 2 N–H and O–H groups in total. The average molecular weight is 386 g/mol. The second kappa shape index (κ2) is 7.74. The van der Waals surface area contributed by atoms with Crippen molar-refractivity contribution < 1.29 is 4.74 Å². The fourth-order valence-electron chi connectivity index (χ4n) is 2.03. The number of hydrogen-bond donors (Lipinski definition) is 2. The van der Waals surface area contributed by atoms with Gasteiger partial charge >= 0.3 is 0 Å². The Balaban J connectivity index is 1.69. The molecule has 0 spiro atoms. The molecule has 3 aromatic rings. The Morgan fingerprint density at radius 3 is 2.33 bits per heavy atom. The second-order valence-electron chi connectivity index (χ2n) is 4.88. The molecule has 0 aliphatic heterocycles. The first-order valence-corrected chi connectivity index (χ1v) is 8.24. The lowest BCUT2D eigenvalue weighted by Crippen LogP contribution is -2.02. The number of hydrogen-bond acceptors (Lipinski definition) is 6. The first kappa shape index (κ1) is 16.2. The summed E-state index contributed by atoms with van der Waals surface area (Å²) in [6.07, 6.45) is 1.57. The van der Waals surface area contributed by atoms with Gasteiger partial charge < -0.3 is 15.4 Å². The van der Waals surface area contributed by atoms with Crippen molar-refractivity contribution in [1.29, 1.82) is 0 Å². The minimum atomic E-state index is 0.424. The topological polar surface area (TPSA) is 72.0 Å². The minimum Gasteiger partial charge on any atom is -0.494 e. The monoisotopic (exact) mass is 385 g/mol. The molecule has 6 nitrogen and oxygen atoms in total. The van der Waals surface area contributed by atoms with E-state index in [9.17, 15) is 0 Å². The molecule has 0 unspecified atom stereocenters. The normalized spacial score (nSPS) is 10.2. The summed E-state index contributed by atoms with van der Waals surface area (Å²) in [6.45, 7) is 2.60. The number of aromatic nitrogens is 3.